The van der Waals surface area contributed by atoms with Crippen molar-refractivity contribution in [3.05, 3.63) is 96.2 Å². The van der Waals surface area contributed by atoms with Gasteiger partial charge in [0.05, 0.1) is 31.4 Å². The Bertz CT molecular complexity index is 1550. The minimum Gasteiger partial charge on any atom is -0.497 e. The number of carbonyl (C=O) groups excluding carboxylic acids is 1. The summed E-state index contributed by atoms with van der Waals surface area (Å²) in [6, 6.07) is 28.7. The first-order valence-corrected chi connectivity index (χ1v) is 12.9. The molecule has 1 fully saturated rings. The van der Waals surface area contributed by atoms with Gasteiger partial charge in [-0.25, -0.2) is 4.98 Å². The van der Waals surface area contributed by atoms with Crippen LogP contribution in [0.2, 0.25) is 0 Å². The second-order valence-corrected chi connectivity index (χ2v) is 9.84. The van der Waals surface area contributed by atoms with Crippen LogP contribution in [0.5, 0.6) is 5.75 Å². The molecule has 6 nitrogen and oxygen atoms in total. The van der Waals surface area contributed by atoms with Gasteiger partial charge < -0.3 is 19.9 Å². The highest BCUT2D eigenvalue weighted by molar-refractivity contribution is 6.13. The number of benzene rings is 3. The molecule has 0 atom stereocenters. The molecule has 0 spiro atoms. The molecule has 6 heteroatoms. The number of pyridine rings is 1. The number of hydrogen-bond donors (Lipinski definition) is 3. The summed E-state index contributed by atoms with van der Waals surface area (Å²) in [6.45, 7) is 3.12. The van der Waals surface area contributed by atoms with Crippen LogP contribution in [0.4, 0.5) is 0 Å². The first kappa shape index (κ1) is 23.3. The van der Waals surface area contributed by atoms with Crippen molar-refractivity contribution in [2.24, 2.45) is 0 Å². The zero-order valence-corrected chi connectivity index (χ0v) is 21.0. The molecule has 3 aromatic carbocycles. The topological polar surface area (TPSA) is 71.4 Å². The van der Waals surface area contributed by atoms with E-state index in [0.717, 1.165) is 71.3 Å². The molecule has 1 aliphatic heterocycles. The highest BCUT2D eigenvalue weighted by Crippen LogP contribution is 2.33. The average molecular weight is 492 g/mol. The summed E-state index contributed by atoms with van der Waals surface area (Å²) in [5, 5.41) is 5.35. The second kappa shape index (κ2) is 10.1. The van der Waals surface area contributed by atoms with E-state index in [1.165, 1.54) is 5.56 Å². The van der Waals surface area contributed by atoms with Gasteiger partial charge in [0.25, 0.3) is 5.91 Å². The summed E-state index contributed by atoms with van der Waals surface area (Å²) < 4.78 is 5.45. The molecule has 1 amide bonds. The van der Waals surface area contributed by atoms with Crippen LogP contribution in [0.25, 0.3) is 33.1 Å². The molecule has 5 aromatic rings. The molecule has 1 aliphatic rings. The molecule has 6 rings (SSSR count). The maximum atomic E-state index is 13.5. The van der Waals surface area contributed by atoms with Crippen LogP contribution in [-0.4, -0.2) is 42.1 Å². The number of methoxy groups -OCH3 is 1. The van der Waals surface area contributed by atoms with E-state index < -0.39 is 0 Å². The first-order chi connectivity index (χ1) is 18.2. The number of nitrogens with zero attached hydrogens (tertiary/aromatic N) is 1. The van der Waals surface area contributed by atoms with Crippen molar-refractivity contribution >= 4 is 27.7 Å². The monoisotopic (exact) mass is 491 g/mol. The zero-order chi connectivity index (χ0) is 25.2. The van der Waals surface area contributed by atoms with Gasteiger partial charge in [-0.15, -0.1) is 0 Å². The Hall–Kier alpha value is -4.16. The van der Waals surface area contributed by atoms with Crippen LogP contribution in [0.15, 0.2) is 84.9 Å². The summed E-state index contributed by atoms with van der Waals surface area (Å²) in [4.78, 5) is 23.4. The van der Waals surface area contributed by atoms with Crippen molar-refractivity contribution in [2.75, 3.05) is 20.2 Å². The number of carbonyl (C=O) groups is 1. The van der Waals surface area contributed by atoms with Gasteiger partial charge in [-0.3, -0.25) is 4.79 Å². The number of quaternary nitrogens is 1. The third kappa shape index (κ3) is 4.80. The van der Waals surface area contributed by atoms with E-state index in [-0.39, 0.29) is 11.9 Å². The van der Waals surface area contributed by atoms with E-state index in [1.807, 2.05) is 42.5 Å². The smallest absolute Gasteiger partial charge is 0.270 e. The van der Waals surface area contributed by atoms with E-state index in [4.69, 9.17) is 9.72 Å². The lowest BCUT2D eigenvalue weighted by Crippen LogP contribution is -3.12. The van der Waals surface area contributed by atoms with Gasteiger partial charge in [0.15, 0.2) is 0 Å². The van der Waals surface area contributed by atoms with Crippen molar-refractivity contribution < 1.29 is 14.4 Å². The molecular weight excluding hydrogens is 460 g/mol. The number of H-pyrrole nitrogens is 1. The molecule has 0 unspecified atom stereocenters. The molecule has 2 aromatic heterocycles. The van der Waals surface area contributed by atoms with Gasteiger partial charge in [0.1, 0.15) is 18.0 Å². The first-order valence-electron chi connectivity index (χ1n) is 12.9. The largest absolute Gasteiger partial charge is 0.497 e. The molecule has 1 saturated heterocycles. The summed E-state index contributed by atoms with van der Waals surface area (Å²) >= 11 is 0. The van der Waals surface area contributed by atoms with Crippen molar-refractivity contribution in [3.8, 4) is 17.0 Å². The predicted molar refractivity (Wildman–Crippen MR) is 147 cm³/mol. The molecule has 37 heavy (non-hydrogen) atoms. The third-order valence-corrected chi connectivity index (χ3v) is 7.40. The minimum absolute atomic E-state index is 0.118. The van der Waals surface area contributed by atoms with Gasteiger partial charge in [-0.1, -0.05) is 60.7 Å². The summed E-state index contributed by atoms with van der Waals surface area (Å²) in [5.41, 5.74) is 5.40. The fraction of sp³-hybridized carbons (Fsp3) is 0.226. The van der Waals surface area contributed by atoms with Crippen molar-refractivity contribution in [1.82, 2.24) is 15.3 Å². The average Bonchev–Trinajstić information content (AvgIpc) is 3.33. The number of piperidine rings is 1. The van der Waals surface area contributed by atoms with Crippen LogP contribution >= 0.6 is 0 Å². The lowest BCUT2D eigenvalue weighted by molar-refractivity contribution is -0.918. The summed E-state index contributed by atoms with van der Waals surface area (Å²) in [7, 11) is 1.65. The van der Waals surface area contributed by atoms with Crippen LogP contribution in [0.3, 0.4) is 0 Å². The van der Waals surface area contributed by atoms with Crippen LogP contribution in [0, 0.1) is 0 Å². The Balaban J connectivity index is 1.26. The summed E-state index contributed by atoms with van der Waals surface area (Å²) in [5.74, 6) is 0.635. The molecule has 0 saturated carbocycles. The predicted octanol–water partition coefficient (Wildman–Crippen LogP) is 4.37. The number of ether oxygens (including phenoxy) is 1. The zero-order valence-electron chi connectivity index (χ0n) is 21.0. The van der Waals surface area contributed by atoms with E-state index >= 15 is 0 Å². The second-order valence-electron chi connectivity index (χ2n) is 9.84. The van der Waals surface area contributed by atoms with Crippen LogP contribution in [-0.2, 0) is 6.54 Å². The molecule has 3 N–H and O–H groups in total. The number of fused-ring (bicyclic) bond motifs is 3. The number of rotatable bonds is 6. The van der Waals surface area contributed by atoms with Gasteiger partial charge >= 0.3 is 0 Å². The Labute approximate surface area is 216 Å². The number of hydrogen-bond acceptors (Lipinski definition) is 3. The van der Waals surface area contributed by atoms with E-state index in [0.29, 0.717) is 5.69 Å². The van der Waals surface area contributed by atoms with Gasteiger partial charge in [0.2, 0.25) is 0 Å². The van der Waals surface area contributed by atoms with Crippen molar-refractivity contribution in [3.63, 3.8) is 0 Å². The molecular formula is C31H31N4O2+. The Morgan fingerprint density at radius 2 is 1.76 bits per heavy atom. The quantitative estimate of drug-likeness (QED) is 0.330. The van der Waals surface area contributed by atoms with Crippen LogP contribution in [0.1, 0.15) is 28.9 Å². The molecule has 186 valence electrons. The Morgan fingerprint density at radius 3 is 2.57 bits per heavy atom. The van der Waals surface area contributed by atoms with Crippen LogP contribution < -0.4 is 15.0 Å². The Kier molecular flexibility index (Phi) is 6.33. The third-order valence-electron chi connectivity index (χ3n) is 7.40. The van der Waals surface area contributed by atoms with E-state index in [9.17, 15) is 4.79 Å². The number of aromatic nitrogens is 2. The normalized spacial score (nSPS) is 17.6. The summed E-state index contributed by atoms with van der Waals surface area (Å²) in [6.07, 6.45) is 1.93. The molecule has 3 heterocycles. The standard InChI is InChI=1S/C31H30N4O2/c1-37-24-11-7-10-22(18-24)29-30-26(25-12-5-6-13-27(25)33-30)19-28(34-29)31(36)32-23-14-16-35(17-15-23)20-21-8-3-2-4-9-21/h2-13,18-19,23,33H,14-17,20H2,1H3,(H,32,36)/p+1. The highest BCUT2D eigenvalue weighted by atomic mass is 16.5. The van der Waals surface area contributed by atoms with Crippen molar-refractivity contribution in [1.29, 1.82) is 0 Å². The van der Waals surface area contributed by atoms with Gasteiger partial charge in [-0.2, -0.15) is 0 Å². The van der Waals surface area contributed by atoms with E-state index in [1.54, 1.807) is 12.0 Å². The number of aromatic amines is 1. The molecule has 0 aliphatic carbocycles. The van der Waals surface area contributed by atoms with Gasteiger partial charge in [-0.05, 0) is 24.3 Å². The number of amides is 1. The maximum Gasteiger partial charge on any atom is 0.270 e. The highest BCUT2D eigenvalue weighted by Gasteiger charge is 2.25. The number of para-hydroxylation sites is 1. The molecule has 0 bridgehead atoms. The molecule has 0 radical (unpaired) electrons. The fourth-order valence-electron chi connectivity index (χ4n) is 5.43. The van der Waals surface area contributed by atoms with Gasteiger partial charge in [0, 0.05) is 46.3 Å². The maximum absolute atomic E-state index is 13.5. The minimum atomic E-state index is -0.118. The number of nitrogens with one attached hydrogen (secondary N) is 3. The SMILES string of the molecule is COc1cccc(-c2nc(C(=O)NC3CC[NH+](Cc4ccccc4)CC3)cc3c2[nH]c2ccccc23)c1. The lowest BCUT2D eigenvalue weighted by atomic mass is 10.0. The van der Waals surface area contributed by atoms with Crippen molar-refractivity contribution in [2.45, 2.75) is 25.4 Å². The number of likely N-dealkylation sites (tertiary alicyclic amines) is 1. The van der Waals surface area contributed by atoms with E-state index in [2.05, 4.69) is 52.8 Å². The Morgan fingerprint density at radius 1 is 0.973 bits per heavy atom. The fourth-order valence-corrected chi connectivity index (χ4v) is 5.43. The lowest BCUT2D eigenvalue weighted by Gasteiger charge is -2.29.